The lowest BCUT2D eigenvalue weighted by molar-refractivity contribution is -0.386. The highest BCUT2D eigenvalue weighted by Gasteiger charge is 2.41. The summed E-state index contributed by atoms with van der Waals surface area (Å²) in [6, 6.07) is 9.06. The van der Waals surface area contributed by atoms with Crippen LogP contribution in [0.4, 0.5) is 11.4 Å². The molecule has 0 saturated carbocycles. The van der Waals surface area contributed by atoms with Gasteiger partial charge in [0, 0.05) is 23.3 Å². The number of hydrogen-bond acceptors (Lipinski definition) is 11. The number of carbonyl (C=O) groups excluding carboxylic acids is 1. The first kappa shape index (κ1) is 26.9. The van der Waals surface area contributed by atoms with Crippen molar-refractivity contribution < 1.29 is 40.3 Å². The van der Waals surface area contributed by atoms with Crippen LogP contribution in [0.25, 0.3) is 11.1 Å². The van der Waals surface area contributed by atoms with Crippen molar-refractivity contribution in [2.75, 3.05) is 0 Å². The van der Waals surface area contributed by atoms with E-state index < -0.39 is 79.1 Å². The van der Waals surface area contributed by atoms with Crippen LogP contribution in [-0.2, 0) is 33.1 Å². The molecule has 40 heavy (non-hydrogen) atoms. The maximum absolute atomic E-state index is 13.4. The number of nitrogens with one attached hydrogen (secondary N) is 2. The second-order valence-electron chi connectivity index (χ2n) is 8.38. The van der Waals surface area contributed by atoms with Gasteiger partial charge < -0.3 is 8.83 Å². The second-order valence-corrected chi connectivity index (χ2v) is 11.9. The Morgan fingerprint density at radius 3 is 1.43 bits per heavy atom. The minimum Gasteiger partial charge on any atom is -0.468 e. The number of nitrogens with zero attached hydrogens (tertiary/aromatic N) is 2. The van der Waals surface area contributed by atoms with Crippen LogP contribution in [0.15, 0.2) is 79.7 Å². The molecule has 0 saturated heterocycles. The summed E-state index contributed by atoms with van der Waals surface area (Å²) < 4.78 is 66.2. The molecule has 0 fully saturated rings. The van der Waals surface area contributed by atoms with E-state index in [-0.39, 0.29) is 24.6 Å². The van der Waals surface area contributed by atoms with Crippen molar-refractivity contribution in [2.45, 2.75) is 22.9 Å². The summed E-state index contributed by atoms with van der Waals surface area (Å²) in [4.78, 5) is 34.1. The Labute approximate surface area is 224 Å². The first-order chi connectivity index (χ1) is 18.9. The standard InChI is InChI=1S/C23H16N4O11S2/c28-23-17-7-15(39(33,34)24-11-13-3-1-5-37-13)9-19(26(29)30)21(17)22-18(23)8-16(10-20(22)27(31)32)40(35,36)25-12-14-4-2-6-38-14/h1-10,24-25H,11-12H2. The Kier molecular flexibility index (Phi) is 6.58. The molecule has 15 nitrogen and oxygen atoms in total. The third kappa shape index (κ3) is 4.77. The molecule has 0 spiro atoms. The molecule has 0 aliphatic heterocycles. The van der Waals surface area contributed by atoms with Crippen molar-refractivity contribution >= 4 is 37.2 Å². The fourth-order valence-corrected chi connectivity index (χ4v) is 6.23. The highest BCUT2D eigenvalue weighted by atomic mass is 32.2. The lowest BCUT2D eigenvalue weighted by atomic mass is 10.0. The maximum atomic E-state index is 13.4. The number of nitro groups is 2. The Morgan fingerprint density at radius 1 is 0.700 bits per heavy atom. The fourth-order valence-electron chi connectivity index (χ4n) is 4.15. The van der Waals surface area contributed by atoms with Gasteiger partial charge in [-0.05, 0) is 36.4 Å². The Balaban J connectivity index is 1.61. The summed E-state index contributed by atoms with van der Waals surface area (Å²) in [6.07, 6.45) is 2.63. The molecule has 1 aliphatic carbocycles. The largest absolute Gasteiger partial charge is 0.468 e. The van der Waals surface area contributed by atoms with Crippen LogP contribution in [0.5, 0.6) is 0 Å². The number of furan rings is 2. The van der Waals surface area contributed by atoms with Gasteiger partial charge in [0.15, 0.2) is 5.78 Å². The normalized spacial score (nSPS) is 12.8. The van der Waals surface area contributed by atoms with Crippen LogP contribution >= 0.6 is 0 Å². The molecule has 2 N–H and O–H groups in total. The van der Waals surface area contributed by atoms with Gasteiger partial charge in [-0.15, -0.1) is 0 Å². The SMILES string of the molecule is O=C1c2cc(S(=O)(=O)NCc3ccco3)cc([N+](=O)[O-])c2-c2c1cc(S(=O)(=O)NCc1ccco1)cc2[N+](=O)[O-]. The lowest BCUT2D eigenvalue weighted by Crippen LogP contribution is -2.23. The van der Waals surface area contributed by atoms with Crippen molar-refractivity contribution in [3.05, 3.63) is 104 Å². The monoisotopic (exact) mass is 588 g/mol. The molecular formula is C23H16N4O11S2. The molecule has 2 heterocycles. The summed E-state index contributed by atoms with van der Waals surface area (Å²) in [6.45, 7) is -0.599. The number of rotatable bonds is 10. The van der Waals surface area contributed by atoms with E-state index in [0.29, 0.717) is 12.1 Å². The quantitative estimate of drug-likeness (QED) is 0.178. The number of benzene rings is 2. The molecular weight excluding hydrogens is 572 g/mol. The van der Waals surface area contributed by atoms with E-state index in [9.17, 15) is 41.9 Å². The van der Waals surface area contributed by atoms with Crippen LogP contribution in [0.1, 0.15) is 27.4 Å². The van der Waals surface area contributed by atoms with Crippen molar-refractivity contribution in [1.82, 2.24) is 9.44 Å². The summed E-state index contributed by atoms with van der Waals surface area (Å²) in [7, 11) is -8.85. The average Bonchev–Trinajstić information content (AvgIpc) is 3.67. The van der Waals surface area contributed by atoms with Gasteiger partial charge in [-0.2, -0.15) is 0 Å². The van der Waals surface area contributed by atoms with Crippen LogP contribution in [-0.4, -0.2) is 32.5 Å². The summed E-state index contributed by atoms with van der Waals surface area (Å²) in [5, 5.41) is 24.0. The molecule has 1 aliphatic rings. The summed E-state index contributed by atoms with van der Waals surface area (Å²) in [5.74, 6) is -0.539. The number of nitro benzene ring substituents is 2. The van der Waals surface area contributed by atoms with Gasteiger partial charge in [0.25, 0.3) is 11.4 Å². The van der Waals surface area contributed by atoms with E-state index in [4.69, 9.17) is 8.83 Å². The minimum atomic E-state index is -4.43. The van der Waals surface area contributed by atoms with Crippen LogP contribution in [0, 0.1) is 20.2 Å². The molecule has 17 heteroatoms. The Morgan fingerprint density at radius 2 is 1.10 bits per heavy atom. The highest BCUT2D eigenvalue weighted by Crippen LogP contribution is 2.48. The van der Waals surface area contributed by atoms with Crippen LogP contribution < -0.4 is 9.44 Å². The molecule has 0 amide bonds. The molecule has 4 aromatic rings. The third-order valence-corrected chi connectivity index (χ3v) is 8.73. The van der Waals surface area contributed by atoms with Gasteiger partial charge >= 0.3 is 0 Å². The molecule has 0 bridgehead atoms. The van der Waals surface area contributed by atoms with Crippen molar-refractivity contribution in [3.63, 3.8) is 0 Å². The van der Waals surface area contributed by atoms with Gasteiger partial charge in [0.1, 0.15) is 11.5 Å². The van der Waals surface area contributed by atoms with E-state index in [1.165, 1.54) is 36.8 Å². The molecule has 0 radical (unpaired) electrons. The van der Waals surface area contributed by atoms with Crippen molar-refractivity contribution in [3.8, 4) is 11.1 Å². The number of carbonyl (C=O) groups is 1. The Bertz CT molecular complexity index is 1760. The zero-order valence-electron chi connectivity index (χ0n) is 19.9. The molecule has 206 valence electrons. The minimum absolute atomic E-state index is 0.243. The number of fused-ring (bicyclic) bond motifs is 3. The number of hydrogen-bond donors (Lipinski definition) is 2. The van der Waals surface area contributed by atoms with Gasteiger partial charge in [0.05, 0.1) is 56.4 Å². The predicted octanol–water partition coefficient (Wildman–Crippen LogP) is 2.86. The van der Waals surface area contributed by atoms with Gasteiger partial charge in [-0.3, -0.25) is 25.0 Å². The maximum Gasteiger partial charge on any atom is 0.279 e. The van der Waals surface area contributed by atoms with E-state index in [1.54, 1.807) is 0 Å². The first-order valence-electron chi connectivity index (χ1n) is 11.1. The summed E-state index contributed by atoms with van der Waals surface area (Å²) >= 11 is 0. The second kappa shape index (κ2) is 9.79. The van der Waals surface area contributed by atoms with Crippen LogP contribution in [0.3, 0.4) is 0 Å². The molecule has 2 aromatic heterocycles. The fraction of sp³-hybridized carbons (Fsp3) is 0.0870. The van der Waals surface area contributed by atoms with Crippen LogP contribution in [0.2, 0.25) is 0 Å². The first-order valence-corrected chi connectivity index (χ1v) is 14.1. The topological polar surface area (TPSA) is 222 Å². The lowest BCUT2D eigenvalue weighted by Gasteiger charge is -2.09. The van der Waals surface area contributed by atoms with Gasteiger partial charge in [-0.25, -0.2) is 26.3 Å². The number of ketones is 1. The molecule has 2 aromatic carbocycles. The summed E-state index contributed by atoms with van der Waals surface area (Å²) in [5.41, 5.74) is -3.79. The smallest absolute Gasteiger partial charge is 0.279 e. The van der Waals surface area contributed by atoms with Gasteiger partial charge in [-0.1, -0.05) is 0 Å². The molecule has 0 atom stereocenters. The average molecular weight is 589 g/mol. The number of sulfonamides is 2. The molecule has 0 unspecified atom stereocenters. The van der Waals surface area contributed by atoms with E-state index in [2.05, 4.69) is 9.44 Å². The Hall–Kier alpha value is -4.71. The highest BCUT2D eigenvalue weighted by molar-refractivity contribution is 7.89. The van der Waals surface area contributed by atoms with E-state index in [1.807, 2.05) is 0 Å². The molecule has 5 rings (SSSR count). The predicted molar refractivity (Wildman–Crippen MR) is 134 cm³/mol. The van der Waals surface area contributed by atoms with E-state index >= 15 is 0 Å². The van der Waals surface area contributed by atoms with E-state index in [0.717, 1.165) is 12.1 Å². The zero-order chi connectivity index (χ0) is 28.8. The van der Waals surface area contributed by atoms with Crippen molar-refractivity contribution in [1.29, 1.82) is 0 Å². The zero-order valence-corrected chi connectivity index (χ0v) is 21.5. The van der Waals surface area contributed by atoms with Gasteiger partial charge in [0.2, 0.25) is 20.0 Å². The van der Waals surface area contributed by atoms with Crippen molar-refractivity contribution in [2.24, 2.45) is 0 Å². The third-order valence-electron chi connectivity index (χ3n) is 5.97.